The van der Waals surface area contributed by atoms with E-state index in [1.54, 1.807) is 11.8 Å². The smallest absolute Gasteiger partial charge is 0.326 e. The van der Waals surface area contributed by atoms with Crippen LogP contribution in [0.4, 0.5) is 0 Å². The molecule has 5 heteroatoms. The number of aromatic nitrogens is 2. The van der Waals surface area contributed by atoms with Crippen molar-refractivity contribution in [3.8, 4) is 0 Å². The fourth-order valence-corrected chi connectivity index (χ4v) is 3.22. The maximum absolute atomic E-state index is 12.2. The molecule has 0 unspecified atom stereocenters. The number of hydrogen-bond donors (Lipinski definition) is 0. The molecule has 2 aromatic rings. The number of thioether (sulfide) groups is 1. The van der Waals surface area contributed by atoms with Crippen molar-refractivity contribution in [3.05, 3.63) is 24.3 Å². The first kappa shape index (κ1) is 16.9. The van der Waals surface area contributed by atoms with Crippen LogP contribution in [0.1, 0.15) is 40.5 Å². The van der Waals surface area contributed by atoms with Crippen LogP contribution >= 0.6 is 11.8 Å². The molecule has 0 aliphatic rings. The van der Waals surface area contributed by atoms with Crippen molar-refractivity contribution in [3.63, 3.8) is 0 Å². The first-order valence-corrected chi connectivity index (χ1v) is 8.69. The van der Waals surface area contributed by atoms with E-state index < -0.39 is 5.60 Å². The number of benzene rings is 1. The minimum Gasteiger partial charge on any atom is -0.459 e. The van der Waals surface area contributed by atoms with E-state index in [1.165, 1.54) is 0 Å². The van der Waals surface area contributed by atoms with Crippen molar-refractivity contribution in [2.24, 2.45) is 0 Å². The number of nitrogens with zero attached hydrogens (tertiary/aromatic N) is 2. The first-order chi connectivity index (χ1) is 10.4. The molecule has 0 saturated heterocycles. The number of imidazole rings is 1. The number of unbranched alkanes of at least 4 members (excludes halogenated alkanes) is 1. The molecule has 0 aliphatic heterocycles. The number of ether oxygens (including phenoxy) is 1. The fraction of sp³-hybridized carbons (Fsp3) is 0.529. The van der Waals surface area contributed by atoms with Crippen molar-refractivity contribution in [2.45, 2.75) is 57.8 Å². The van der Waals surface area contributed by atoms with Gasteiger partial charge in [0.15, 0.2) is 5.16 Å². The quantitative estimate of drug-likeness (QED) is 0.453. The van der Waals surface area contributed by atoms with Crippen molar-refractivity contribution in [2.75, 3.05) is 5.75 Å². The van der Waals surface area contributed by atoms with Crippen LogP contribution < -0.4 is 0 Å². The zero-order valence-corrected chi connectivity index (χ0v) is 14.6. The highest BCUT2D eigenvalue weighted by Crippen LogP contribution is 2.25. The van der Waals surface area contributed by atoms with Crippen molar-refractivity contribution in [1.82, 2.24) is 9.55 Å². The number of esters is 1. The molecule has 0 N–H and O–H groups in total. The average molecular weight is 320 g/mol. The molecule has 1 heterocycles. The van der Waals surface area contributed by atoms with Crippen LogP contribution in [0.2, 0.25) is 0 Å². The lowest BCUT2D eigenvalue weighted by Gasteiger charge is -2.20. The summed E-state index contributed by atoms with van der Waals surface area (Å²) in [6.07, 6.45) is 2.29. The lowest BCUT2D eigenvalue weighted by atomic mass is 10.2. The normalized spacial score (nSPS) is 11.8. The van der Waals surface area contributed by atoms with Crippen LogP contribution in [0.3, 0.4) is 0 Å². The van der Waals surface area contributed by atoms with Crippen LogP contribution in [-0.2, 0) is 16.1 Å². The third-order valence-electron chi connectivity index (χ3n) is 3.06. The van der Waals surface area contributed by atoms with E-state index in [0.717, 1.165) is 34.8 Å². The summed E-state index contributed by atoms with van der Waals surface area (Å²) in [4.78, 5) is 16.8. The lowest BCUT2D eigenvalue weighted by molar-refractivity contribution is -0.155. The van der Waals surface area contributed by atoms with Crippen LogP contribution in [-0.4, -0.2) is 26.9 Å². The van der Waals surface area contributed by atoms with Gasteiger partial charge in [0.05, 0.1) is 11.0 Å². The average Bonchev–Trinajstić information content (AvgIpc) is 2.75. The molecular formula is C17H24N2O2S. The van der Waals surface area contributed by atoms with Gasteiger partial charge < -0.3 is 9.30 Å². The van der Waals surface area contributed by atoms with Gasteiger partial charge >= 0.3 is 5.97 Å². The van der Waals surface area contributed by atoms with E-state index in [1.807, 2.05) is 49.6 Å². The molecule has 4 nitrogen and oxygen atoms in total. The molecule has 2 rings (SSSR count). The minimum atomic E-state index is -0.469. The zero-order chi connectivity index (χ0) is 16.2. The highest BCUT2D eigenvalue weighted by atomic mass is 32.2. The van der Waals surface area contributed by atoms with Crippen LogP contribution in [0.25, 0.3) is 11.0 Å². The SMILES string of the molecule is CCCCSc1nc2ccccc2n1CC(=O)OC(C)(C)C. The number of carbonyl (C=O) groups is 1. The zero-order valence-electron chi connectivity index (χ0n) is 13.8. The molecule has 0 saturated carbocycles. The molecule has 0 spiro atoms. The number of rotatable bonds is 6. The summed E-state index contributed by atoms with van der Waals surface area (Å²) in [5.74, 6) is 0.779. The first-order valence-electron chi connectivity index (χ1n) is 7.70. The molecule has 0 amide bonds. The Balaban J connectivity index is 2.24. The van der Waals surface area contributed by atoms with Gasteiger partial charge in [-0.3, -0.25) is 4.79 Å². The Morgan fingerprint density at radius 2 is 2.05 bits per heavy atom. The molecule has 1 aromatic heterocycles. The van der Waals surface area contributed by atoms with Gasteiger partial charge in [-0.2, -0.15) is 0 Å². The van der Waals surface area contributed by atoms with E-state index in [0.29, 0.717) is 0 Å². The van der Waals surface area contributed by atoms with Crippen LogP contribution in [0, 0.1) is 0 Å². The predicted octanol–water partition coefficient (Wildman–Crippen LogP) is 4.27. The summed E-state index contributed by atoms with van der Waals surface area (Å²) in [6.45, 7) is 8.02. The summed E-state index contributed by atoms with van der Waals surface area (Å²) in [7, 11) is 0. The molecule has 0 bridgehead atoms. The van der Waals surface area contributed by atoms with E-state index in [-0.39, 0.29) is 12.5 Å². The second kappa shape index (κ2) is 7.18. The molecule has 0 atom stereocenters. The number of carbonyl (C=O) groups excluding carboxylic acids is 1. The molecule has 0 radical (unpaired) electrons. The Morgan fingerprint density at radius 1 is 1.32 bits per heavy atom. The van der Waals surface area contributed by atoms with E-state index >= 15 is 0 Å². The number of hydrogen-bond acceptors (Lipinski definition) is 4. The summed E-state index contributed by atoms with van der Waals surface area (Å²) < 4.78 is 7.41. The van der Waals surface area contributed by atoms with E-state index in [9.17, 15) is 4.79 Å². The van der Waals surface area contributed by atoms with Gasteiger partial charge in [0.1, 0.15) is 12.1 Å². The number of para-hydroxylation sites is 2. The summed E-state index contributed by atoms with van der Waals surface area (Å²) >= 11 is 1.70. The van der Waals surface area contributed by atoms with Crippen molar-refractivity contribution < 1.29 is 9.53 Å². The Bertz CT molecular complexity index is 644. The van der Waals surface area contributed by atoms with Crippen molar-refractivity contribution >= 4 is 28.8 Å². The highest BCUT2D eigenvalue weighted by molar-refractivity contribution is 7.99. The van der Waals surface area contributed by atoms with Gasteiger partial charge in [0.25, 0.3) is 0 Å². The largest absolute Gasteiger partial charge is 0.459 e. The topological polar surface area (TPSA) is 44.1 Å². The maximum Gasteiger partial charge on any atom is 0.326 e. The molecule has 120 valence electrons. The van der Waals surface area contributed by atoms with Gasteiger partial charge in [-0.1, -0.05) is 37.2 Å². The molecule has 0 aliphatic carbocycles. The summed E-state index contributed by atoms with van der Waals surface area (Å²) in [6, 6.07) is 7.91. The van der Waals surface area contributed by atoms with Crippen LogP contribution in [0.5, 0.6) is 0 Å². The second-order valence-corrected chi connectivity index (χ2v) is 7.32. The van der Waals surface area contributed by atoms with Gasteiger partial charge in [0, 0.05) is 5.75 Å². The number of fused-ring (bicyclic) bond motifs is 1. The maximum atomic E-state index is 12.2. The Labute approximate surface area is 136 Å². The standard InChI is InChI=1S/C17H24N2O2S/c1-5-6-11-22-16-18-13-9-7-8-10-14(13)19(16)12-15(20)21-17(2,3)4/h7-10H,5-6,11-12H2,1-4H3. The van der Waals surface area contributed by atoms with Gasteiger partial charge in [-0.15, -0.1) is 0 Å². The predicted molar refractivity (Wildman–Crippen MR) is 91.2 cm³/mol. The Kier molecular flexibility index (Phi) is 5.51. The van der Waals surface area contributed by atoms with Gasteiger partial charge in [-0.05, 0) is 39.3 Å². The Hall–Kier alpha value is -1.49. The third kappa shape index (κ3) is 4.50. The highest BCUT2D eigenvalue weighted by Gasteiger charge is 2.19. The summed E-state index contributed by atoms with van der Waals surface area (Å²) in [5.41, 5.74) is 1.43. The molecule has 1 aromatic carbocycles. The van der Waals surface area contributed by atoms with E-state index in [4.69, 9.17) is 4.74 Å². The van der Waals surface area contributed by atoms with Gasteiger partial charge in [0.2, 0.25) is 0 Å². The summed E-state index contributed by atoms with van der Waals surface area (Å²) in [5, 5.41) is 0.889. The van der Waals surface area contributed by atoms with Crippen LogP contribution in [0.15, 0.2) is 29.4 Å². The van der Waals surface area contributed by atoms with Crippen molar-refractivity contribution in [1.29, 1.82) is 0 Å². The van der Waals surface area contributed by atoms with Gasteiger partial charge in [-0.25, -0.2) is 4.98 Å². The molecular weight excluding hydrogens is 296 g/mol. The minimum absolute atomic E-state index is 0.201. The Morgan fingerprint density at radius 3 is 2.73 bits per heavy atom. The second-order valence-electron chi connectivity index (χ2n) is 6.26. The fourth-order valence-electron chi connectivity index (χ4n) is 2.13. The monoisotopic (exact) mass is 320 g/mol. The third-order valence-corrected chi connectivity index (χ3v) is 4.12. The molecule has 0 fully saturated rings. The molecule has 22 heavy (non-hydrogen) atoms. The van der Waals surface area contributed by atoms with E-state index in [2.05, 4.69) is 11.9 Å². The lowest BCUT2D eigenvalue weighted by Crippen LogP contribution is -2.26.